The lowest BCUT2D eigenvalue weighted by Crippen LogP contribution is -2.65. The minimum Gasteiger partial charge on any atom is -0.493 e. The lowest BCUT2D eigenvalue weighted by atomic mass is 9.59. The fourth-order valence-electron chi connectivity index (χ4n) is 6.44. The number of benzene rings is 1. The Hall–Kier alpha value is -2.25. The molecule has 13 nitrogen and oxygen atoms in total. The number of hydrogen-bond donors (Lipinski definition) is 3. The number of nitrogens with one attached hydrogen (secondary N) is 1. The second-order valence-electron chi connectivity index (χ2n) is 12.7. The average Bonchev–Trinajstić information content (AvgIpc) is 3.27. The lowest BCUT2D eigenvalue weighted by Gasteiger charge is -2.56. The van der Waals surface area contributed by atoms with Crippen LogP contribution in [-0.2, 0) is 23.3 Å². The van der Waals surface area contributed by atoms with Crippen LogP contribution in [0.3, 0.4) is 0 Å². The van der Waals surface area contributed by atoms with E-state index in [1.165, 1.54) is 30.9 Å². The zero-order chi connectivity index (χ0) is 30.2. The highest BCUT2D eigenvalue weighted by Gasteiger charge is 2.69. The molecule has 2 fully saturated rings. The number of methoxy groups -OCH3 is 2. The number of fused-ring (bicyclic) bond motifs is 2. The molecule has 3 N–H and O–H groups in total. The predicted octanol–water partition coefficient (Wildman–Crippen LogP) is 3.06. The van der Waals surface area contributed by atoms with Gasteiger partial charge in [-0.2, -0.15) is 0 Å². The molecule has 4 rings (SSSR count). The number of phosphoric ester groups is 1. The van der Waals surface area contributed by atoms with E-state index in [-0.39, 0.29) is 22.4 Å². The summed E-state index contributed by atoms with van der Waals surface area (Å²) in [4.78, 5) is 48.9. The molecule has 224 valence electrons. The summed E-state index contributed by atoms with van der Waals surface area (Å²) >= 11 is 0. The Morgan fingerprint density at radius 1 is 0.950 bits per heavy atom. The van der Waals surface area contributed by atoms with Gasteiger partial charge in [0.15, 0.2) is 23.5 Å². The molecule has 40 heavy (non-hydrogen) atoms. The van der Waals surface area contributed by atoms with Crippen LogP contribution in [0.2, 0.25) is 0 Å². The first kappa shape index (κ1) is 30.7. The summed E-state index contributed by atoms with van der Waals surface area (Å²) < 4.78 is 49.3. The Bertz CT molecular complexity index is 1450. The summed E-state index contributed by atoms with van der Waals surface area (Å²) in [6.45, 7) is 14.1. The van der Waals surface area contributed by atoms with E-state index in [0.29, 0.717) is 0 Å². The van der Waals surface area contributed by atoms with Gasteiger partial charge in [0.2, 0.25) is 0 Å². The highest BCUT2D eigenvalue weighted by molar-refractivity contribution is 7.46. The second kappa shape index (κ2) is 9.65. The minimum absolute atomic E-state index is 0.128. The molecule has 2 aliphatic rings. The third-order valence-corrected chi connectivity index (χ3v) is 8.15. The Labute approximate surface area is 231 Å². The number of ether oxygens (including phenoxy) is 5. The van der Waals surface area contributed by atoms with E-state index in [1.54, 1.807) is 55.4 Å². The van der Waals surface area contributed by atoms with Crippen molar-refractivity contribution in [3.05, 3.63) is 33.0 Å². The van der Waals surface area contributed by atoms with Crippen molar-refractivity contribution in [2.24, 2.45) is 10.8 Å². The van der Waals surface area contributed by atoms with Gasteiger partial charge in [-0.3, -0.25) is 18.9 Å². The molecule has 2 saturated heterocycles. The quantitative estimate of drug-likeness (QED) is 0.426. The van der Waals surface area contributed by atoms with Gasteiger partial charge < -0.3 is 33.5 Å². The first-order valence-electron chi connectivity index (χ1n) is 12.9. The molecule has 0 saturated carbocycles. The van der Waals surface area contributed by atoms with Crippen molar-refractivity contribution in [2.75, 3.05) is 14.2 Å². The van der Waals surface area contributed by atoms with Crippen molar-refractivity contribution in [1.29, 1.82) is 0 Å². The summed E-state index contributed by atoms with van der Waals surface area (Å²) in [7, 11) is -2.24. The van der Waals surface area contributed by atoms with Crippen molar-refractivity contribution in [1.82, 2.24) is 9.55 Å². The standard InChI is InChI=1S/C26H39N2O11P/c1-23(2,3)26(24(4,5)6,39-40(31,32)33)19-17-18(38-25(7,8)37-17)21(36-19)28-14-12-16(35-10)15(34-9)11-13(14)20(29)27-22(28)30/h11-12,17-19,21H,1-10H3,(H,27,29,30)(H2,31,32,33)/t17-,18+,19+,21+/m0/s1. The molecule has 0 bridgehead atoms. The van der Waals surface area contributed by atoms with Crippen molar-refractivity contribution in [3.8, 4) is 11.5 Å². The molecule has 2 aromatic rings. The van der Waals surface area contributed by atoms with Crippen LogP contribution in [0.4, 0.5) is 0 Å². The van der Waals surface area contributed by atoms with Crippen LogP contribution in [0.15, 0.2) is 21.7 Å². The average molecular weight is 587 g/mol. The molecule has 4 atom stereocenters. The Kier molecular flexibility index (Phi) is 7.41. The molecule has 0 spiro atoms. The van der Waals surface area contributed by atoms with Crippen LogP contribution in [0.1, 0.15) is 61.6 Å². The topological polar surface area (TPSA) is 168 Å². The number of phosphoric acid groups is 1. The van der Waals surface area contributed by atoms with Crippen molar-refractivity contribution in [3.63, 3.8) is 0 Å². The van der Waals surface area contributed by atoms with Crippen LogP contribution in [0, 0.1) is 10.8 Å². The molecule has 3 heterocycles. The zero-order valence-corrected chi connectivity index (χ0v) is 25.3. The van der Waals surface area contributed by atoms with E-state index in [2.05, 4.69) is 4.98 Å². The van der Waals surface area contributed by atoms with Crippen LogP contribution in [0.5, 0.6) is 11.5 Å². The Morgan fingerprint density at radius 2 is 1.48 bits per heavy atom. The van der Waals surface area contributed by atoms with Gasteiger partial charge in [0, 0.05) is 6.07 Å². The van der Waals surface area contributed by atoms with Crippen molar-refractivity contribution < 1.29 is 42.6 Å². The number of nitrogens with zero attached hydrogens (tertiary/aromatic N) is 1. The van der Waals surface area contributed by atoms with Gasteiger partial charge in [0.05, 0.1) is 25.1 Å². The highest BCUT2D eigenvalue weighted by Crippen LogP contribution is 2.61. The molecule has 1 aromatic carbocycles. The monoisotopic (exact) mass is 586 g/mol. The zero-order valence-electron chi connectivity index (χ0n) is 24.4. The summed E-state index contributed by atoms with van der Waals surface area (Å²) in [5.41, 5.74) is -4.77. The Balaban J connectivity index is 2.03. The smallest absolute Gasteiger partial charge is 0.470 e. The number of rotatable bonds is 6. The van der Waals surface area contributed by atoms with E-state index in [4.69, 9.17) is 28.2 Å². The molecule has 14 heteroatoms. The second-order valence-corrected chi connectivity index (χ2v) is 13.8. The molecule has 0 aliphatic carbocycles. The van der Waals surface area contributed by atoms with Crippen molar-refractivity contribution in [2.45, 2.75) is 91.3 Å². The van der Waals surface area contributed by atoms with Crippen LogP contribution in [-0.4, -0.2) is 63.3 Å². The maximum absolute atomic E-state index is 13.4. The minimum atomic E-state index is -5.09. The lowest BCUT2D eigenvalue weighted by molar-refractivity contribution is -0.257. The van der Waals surface area contributed by atoms with E-state index < -0.39 is 65.8 Å². The maximum atomic E-state index is 13.4. The summed E-state index contributed by atoms with van der Waals surface area (Å²) in [6.07, 6.45) is -4.17. The molecule has 0 amide bonds. The third-order valence-electron chi connectivity index (χ3n) is 7.62. The number of aromatic amines is 1. The third kappa shape index (κ3) is 4.91. The van der Waals surface area contributed by atoms with E-state index >= 15 is 0 Å². The first-order valence-corrected chi connectivity index (χ1v) is 14.4. The molecule has 0 unspecified atom stereocenters. The molecular weight excluding hydrogens is 547 g/mol. The largest absolute Gasteiger partial charge is 0.493 e. The fourth-order valence-corrected chi connectivity index (χ4v) is 7.47. The Morgan fingerprint density at radius 3 is 1.98 bits per heavy atom. The summed E-state index contributed by atoms with van der Waals surface area (Å²) in [6, 6.07) is 2.94. The van der Waals surface area contributed by atoms with Gasteiger partial charge in [0.25, 0.3) is 5.56 Å². The molecule has 0 radical (unpaired) electrons. The summed E-state index contributed by atoms with van der Waals surface area (Å²) in [5.74, 6) is -0.584. The van der Waals surface area contributed by atoms with Gasteiger partial charge in [-0.15, -0.1) is 0 Å². The fraction of sp³-hybridized carbons (Fsp3) is 0.692. The highest BCUT2D eigenvalue weighted by atomic mass is 31.2. The van der Waals surface area contributed by atoms with Gasteiger partial charge in [-0.05, 0) is 30.7 Å². The first-order chi connectivity index (χ1) is 18.2. The number of aromatic nitrogens is 2. The molecule has 1 aromatic heterocycles. The SMILES string of the molecule is COc1cc2c(=O)[nH]c(=O)n([C@@H]3O[C@@H](C(OP(=O)(O)O)(C(C)(C)C)C(C)(C)C)[C@H]4OC(C)(C)O[C@H]43)c2cc1OC. The number of hydrogen-bond acceptors (Lipinski definition) is 9. The molecule has 2 aliphatic heterocycles. The van der Waals surface area contributed by atoms with Crippen LogP contribution < -0.4 is 20.7 Å². The van der Waals surface area contributed by atoms with Gasteiger partial charge >= 0.3 is 13.5 Å². The van der Waals surface area contributed by atoms with E-state index in [9.17, 15) is 23.9 Å². The predicted molar refractivity (Wildman–Crippen MR) is 144 cm³/mol. The molecular formula is C26H39N2O11P. The van der Waals surface area contributed by atoms with Crippen LogP contribution in [0.25, 0.3) is 10.9 Å². The van der Waals surface area contributed by atoms with Crippen molar-refractivity contribution >= 4 is 18.7 Å². The van der Waals surface area contributed by atoms with Crippen LogP contribution >= 0.6 is 7.82 Å². The van der Waals surface area contributed by atoms with E-state index in [0.717, 1.165) is 0 Å². The maximum Gasteiger partial charge on any atom is 0.470 e. The number of H-pyrrole nitrogens is 1. The van der Waals surface area contributed by atoms with Gasteiger partial charge in [-0.1, -0.05) is 41.5 Å². The summed E-state index contributed by atoms with van der Waals surface area (Å²) in [5, 5.41) is 0.128. The van der Waals surface area contributed by atoms with Gasteiger partial charge in [-0.25, -0.2) is 9.36 Å². The van der Waals surface area contributed by atoms with E-state index in [1.807, 2.05) is 0 Å². The van der Waals surface area contributed by atoms with Gasteiger partial charge in [0.1, 0.15) is 23.9 Å². The normalized spacial score (nSPS) is 25.3.